The molecule has 78 valence electrons. The van der Waals surface area contributed by atoms with Crippen LogP contribution in [0.15, 0.2) is 17.6 Å². The number of anilines is 2. The molecule has 0 atom stereocenters. The molecule has 1 aromatic heterocycles. The van der Waals surface area contributed by atoms with E-state index in [1.54, 1.807) is 11.3 Å². The zero-order chi connectivity index (χ0) is 10.3. The standard InChI is InChI=1S/C11H13N3S/c12-10-8(14-7-2-1-3-7)4-5-9-11(10)13-6-15-9/h4-7,14H,1-3,12H2. The first-order chi connectivity index (χ1) is 7.34. The highest BCUT2D eigenvalue weighted by Gasteiger charge is 2.18. The number of thiazole rings is 1. The zero-order valence-corrected chi connectivity index (χ0v) is 9.18. The summed E-state index contributed by atoms with van der Waals surface area (Å²) in [5.74, 6) is 0. The van der Waals surface area contributed by atoms with Crippen LogP contribution in [0.3, 0.4) is 0 Å². The van der Waals surface area contributed by atoms with Crippen molar-refractivity contribution in [3.05, 3.63) is 17.6 Å². The van der Waals surface area contributed by atoms with Crippen LogP contribution in [0.1, 0.15) is 19.3 Å². The normalized spacial score (nSPS) is 16.5. The monoisotopic (exact) mass is 219 g/mol. The molecule has 0 radical (unpaired) electrons. The highest BCUT2D eigenvalue weighted by molar-refractivity contribution is 7.16. The van der Waals surface area contributed by atoms with Crippen LogP contribution in [-0.2, 0) is 0 Å². The Morgan fingerprint density at radius 2 is 2.27 bits per heavy atom. The maximum absolute atomic E-state index is 6.07. The van der Waals surface area contributed by atoms with Crippen molar-refractivity contribution in [2.75, 3.05) is 11.1 Å². The molecular formula is C11H13N3S. The smallest absolute Gasteiger partial charge is 0.106 e. The Morgan fingerprint density at radius 1 is 1.40 bits per heavy atom. The van der Waals surface area contributed by atoms with Gasteiger partial charge in [0.15, 0.2) is 0 Å². The highest BCUT2D eigenvalue weighted by atomic mass is 32.1. The molecule has 0 unspecified atom stereocenters. The highest BCUT2D eigenvalue weighted by Crippen LogP contribution is 2.32. The van der Waals surface area contributed by atoms with E-state index in [4.69, 9.17) is 5.73 Å². The summed E-state index contributed by atoms with van der Waals surface area (Å²) < 4.78 is 1.16. The summed E-state index contributed by atoms with van der Waals surface area (Å²) in [5.41, 5.74) is 10.7. The Bertz CT molecular complexity index is 488. The van der Waals surface area contributed by atoms with Crippen LogP contribution in [0.5, 0.6) is 0 Å². The van der Waals surface area contributed by atoms with E-state index in [1.807, 2.05) is 5.51 Å². The molecule has 0 aliphatic heterocycles. The fourth-order valence-electron chi connectivity index (χ4n) is 1.85. The van der Waals surface area contributed by atoms with E-state index in [2.05, 4.69) is 22.4 Å². The summed E-state index contributed by atoms with van der Waals surface area (Å²) in [6, 6.07) is 4.77. The van der Waals surface area contributed by atoms with Gasteiger partial charge in [-0.3, -0.25) is 0 Å². The van der Waals surface area contributed by atoms with Crippen molar-refractivity contribution in [2.45, 2.75) is 25.3 Å². The fraction of sp³-hybridized carbons (Fsp3) is 0.364. The van der Waals surface area contributed by atoms with Gasteiger partial charge in [0.05, 0.1) is 21.6 Å². The Labute approximate surface area is 92.3 Å². The topological polar surface area (TPSA) is 50.9 Å². The molecule has 0 spiro atoms. The molecule has 0 bridgehead atoms. The van der Waals surface area contributed by atoms with Gasteiger partial charge in [-0.25, -0.2) is 4.98 Å². The van der Waals surface area contributed by atoms with Crippen LogP contribution < -0.4 is 11.1 Å². The number of nitrogen functional groups attached to an aromatic ring is 1. The lowest BCUT2D eigenvalue weighted by atomic mass is 9.93. The quantitative estimate of drug-likeness (QED) is 0.764. The molecule has 0 saturated heterocycles. The van der Waals surface area contributed by atoms with Gasteiger partial charge >= 0.3 is 0 Å². The zero-order valence-electron chi connectivity index (χ0n) is 8.36. The second-order valence-electron chi connectivity index (χ2n) is 4.00. The van der Waals surface area contributed by atoms with Crippen molar-refractivity contribution in [1.82, 2.24) is 4.98 Å². The van der Waals surface area contributed by atoms with Gasteiger partial charge in [0.25, 0.3) is 0 Å². The van der Waals surface area contributed by atoms with Gasteiger partial charge in [-0.1, -0.05) is 0 Å². The van der Waals surface area contributed by atoms with E-state index in [1.165, 1.54) is 19.3 Å². The van der Waals surface area contributed by atoms with E-state index >= 15 is 0 Å². The molecule has 2 aromatic rings. The molecule has 1 fully saturated rings. The molecule has 4 heteroatoms. The van der Waals surface area contributed by atoms with E-state index in [0.29, 0.717) is 6.04 Å². The Hall–Kier alpha value is -1.29. The van der Waals surface area contributed by atoms with Crippen molar-refractivity contribution < 1.29 is 0 Å². The Morgan fingerprint density at radius 3 is 3.00 bits per heavy atom. The molecule has 3 rings (SSSR count). The first-order valence-corrected chi connectivity index (χ1v) is 6.11. The van der Waals surface area contributed by atoms with Crippen LogP contribution in [0.4, 0.5) is 11.4 Å². The molecule has 1 saturated carbocycles. The second-order valence-corrected chi connectivity index (χ2v) is 4.88. The lowest BCUT2D eigenvalue weighted by Crippen LogP contribution is -2.27. The molecule has 1 aliphatic rings. The third-order valence-corrected chi connectivity index (χ3v) is 3.80. The van der Waals surface area contributed by atoms with Crippen LogP contribution in [-0.4, -0.2) is 11.0 Å². The third kappa shape index (κ3) is 1.45. The van der Waals surface area contributed by atoms with Crippen LogP contribution in [0.2, 0.25) is 0 Å². The van der Waals surface area contributed by atoms with Crippen LogP contribution in [0, 0.1) is 0 Å². The number of hydrogen-bond acceptors (Lipinski definition) is 4. The first-order valence-electron chi connectivity index (χ1n) is 5.23. The lowest BCUT2D eigenvalue weighted by Gasteiger charge is -2.28. The predicted octanol–water partition coefficient (Wildman–Crippen LogP) is 2.84. The minimum Gasteiger partial charge on any atom is -0.395 e. The number of nitrogens with one attached hydrogen (secondary N) is 1. The van der Waals surface area contributed by atoms with Crippen molar-refractivity contribution in [3.8, 4) is 0 Å². The summed E-state index contributed by atoms with van der Waals surface area (Å²) in [6.07, 6.45) is 3.85. The molecule has 3 N–H and O–H groups in total. The molecule has 1 aromatic carbocycles. The predicted molar refractivity (Wildman–Crippen MR) is 65.3 cm³/mol. The molecule has 3 nitrogen and oxygen atoms in total. The summed E-state index contributed by atoms with van der Waals surface area (Å²) in [6.45, 7) is 0. The Kier molecular flexibility index (Phi) is 2.02. The molecule has 15 heavy (non-hydrogen) atoms. The van der Waals surface area contributed by atoms with Crippen molar-refractivity contribution >= 4 is 32.9 Å². The van der Waals surface area contributed by atoms with Crippen LogP contribution >= 0.6 is 11.3 Å². The van der Waals surface area contributed by atoms with Gasteiger partial charge in [-0.15, -0.1) is 11.3 Å². The van der Waals surface area contributed by atoms with E-state index in [-0.39, 0.29) is 0 Å². The maximum Gasteiger partial charge on any atom is 0.106 e. The van der Waals surface area contributed by atoms with Crippen molar-refractivity contribution in [2.24, 2.45) is 0 Å². The first kappa shape index (κ1) is 8.97. The summed E-state index contributed by atoms with van der Waals surface area (Å²) in [4.78, 5) is 4.28. The van der Waals surface area contributed by atoms with Gasteiger partial charge in [-0.05, 0) is 31.4 Å². The van der Waals surface area contributed by atoms with Gasteiger partial charge in [0.1, 0.15) is 5.52 Å². The fourth-order valence-corrected chi connectivity index (χ4v) is 2.54. The van der Waals surface area contributed by atoms with Crippen LogP contribution in [0.25, 0.3) is 10.2 Å². The summed E-state index contributed by atoms with van der Waals surface area (Å²) in [7, 11) is 0. The molecular weight excluding hydrogens is 206 g/mol. The van der Waals surface area contributed by atoms with E-state index < -0.39 is 0 Å². The van der Waals surface area contributed by atoms with Gasteiger partial charge in [-0.2, -0.15) is 0 Å². The number of hydrogen-bond donors (Lipinski definition) is 2. The van der Waals surface area contributed by atoms with E-state index in [0.717, 1.165) is 21.6 Å². The van der Waals surface area contributed by atoms with Gasteiger partial charge < -0.3 is 11.1 Å². The number of aromatic nitrogens is 1. The maximum atomic E-state index is 6.07. The second kappa shape index (κ2) is 3.38. The number of rotatable bonds is 2. The van der Waals surface area contributed by atoms with Crippen molar-refractivity contribution in [1.29, 1.82) is 0 Å². The lowest BCUT2D eigenvalue weighted by molar-refractivity contribution is 0.446. The van der Waals surface area contributed by atoms with Gasteiger partial charge in [0.2, 0.25) is 0 Å². The number of nitrogens with zero attached hydrogens (tertiary/aromatic N) is 1. The molecule has 1 heterocycles. The Balaban J connectivity index is 1.98. The number of nitrogens with two attached hydrogens (primary N) is 1. The minimum absolute atomic E-state index is 0.614. The third-order valence-electron chi connectivity index (χ3n) is 3.01. The summed E-state index contributed by atoms with van der Waals surface area (Å²) >= 11 is 1.63. The van der Waals surface area contributed by atoms with E-state index in [9.17, 15) is 0 Å². The number of benzene rings is 1. The molecule has 1 aliphatic carbocycles. The average Bonchev–Trinajstić information content (AvgIpc) is 2.62. The molecule has 0 amide bonds. The van der Waals surface area contributed by atoms with Gasteiger partial charge in [0, 0.05) is 6.04 Å². The van der Waals surface area contributed by atoms with Crippen molar-refractivity contribution in [3.63, 3.8) is 0 Å². The minimum atomic E-state index is 0.614. The largest absolute Gasteiger partial charge is 0.395 e. The SMILES string of the molecule is Nc1c(NC2CCC2)ccc2scnc12. The number of fused-ring (bicyclic) bond motifs is 1. The summed E-state index contributed by atoms with van der Waals surface area (Å²) in [5, 5.41) is 3.47. The average molecular weight is 219 g/mol.